The SMILES string of the molecule is Cc1ccc(C(=O)Nc2ccccc2C(=O)NCc2ccccc2)cc1S(=O)(=O)Nc1ccccc1. The molecule has 182 valence electrons. The first kappa shape index (κ1) is 24.7. The molecule has 0 fully saturated rings. The lowest BCUT2D eigenvalue weighted by atomic mass is 10.1. The van der Waals surface area contributed by atoms with E-state index in [1.807, 2.05) is 30.3 Å². The maximum atomic E-state index is 13.1. The van der Waals surface area contributed by atoms with Crippen LogP contribution < -0.4 is 15.4 Å². The number of para-hydroxylation sites is 2. The van der Waals surface area contributed by atoms with Crippen LogP contribution in [-0.4, -0.2) is 20.2 Å². The molecule has 0 bridgehead atoms. The van der Waals surface area contributed by atoms with Gasteiger partial charge in [-0.25, -0.2) is 8.42 Å². The fourth-order valence-corrected chi connectivity index (χ4v) is 4.94. The molecule has 0 saturated heterocycles. The van der Waals surface area contributed by atoms with Crippen LogP contribution in [0.3, 0.4) is 0 Å². The molecule has 4 aromatic rings. The van der Waals surface area contributed by atoms with E-state index in [-0.39, 0.29) is 16.4 Å². The lowest BCUT2D eigenvalue weighted by molar-refractivity contribution is 0.0951. The number of sulfonamides is 1. The zero-order valence-corrected chi connectivity index (χ0v) is 20.4. The number of amides is 2. The van der Waals surface area contributed by atoms with Gasteiger partial charge in [0, 0.05) is 17.8 Å². The van der Waals surface area contributed by atoms with Crippen molar-refractivity contribution >= 4 is 33.2 Å². The highest BCUT2D eigenvalue weighted by molar-refractivity contribution is 7.92. The van der Waals surface area contributed by atoms with Crippen molar-refractivity contribution < 1.29 is 18.0 Å². The zero-order valence-electron chi connectivity index (χ0n) is 19.6. The van der Waals surface area contributed by atoms with Gasteiger partial charge in [0.2, 0.25) is 0 Å². The summed E-state index contributed by atoms with van der Waals surface area (Å²) in [6.07, 6.45) is 0. The summed E-state index contributed by atoms with van der Waals surface area (Å²) in [4.78, 5) is 25.9. The van der Waals surface area contributed by atoms with Gasteiger partial charge in [-0.3, -0.25) is 14.3 Å². The van der Waals surface area contributed by atoms with Crippen LogP contribution in [0.4, 0.5) is 11.4 Å². The van der Waals surface area contributed by atoms with Crippen LogP contribution >= 0.6 is 0 Å². The molecular weight excluding hydrogens is 474 g/mol. The fraction of sp³-hybridized carbons (Fsp3) is 0.0714. The number of hydrogen-bond donors (Lipinski definition) is 3. The minimum absolute atomic E-state index is 0.00658. The summed E-state index contributed by atoms with van der Waals surface area (Å²) in [5, 5.41) is 5.59. The molecular formula is C28H25N3O4S. The molecule has 0 spiro atoms. The quantitative estimate of drug-likeness (QED) is 0.318. The number of carbonyl (C=O) groups excluding carboxylic acids is 2. The summed E-state index contributed by atoms with van der Waals surface area (Å²) in [6.45, 7) is 2.00. The van der Waals surface area contributed by atoms with Crippen molar-refractivity contribution in [2.24, 2.45) is 0 Å². The van der Waals surface area contributed by atoms with Gasteiger partial charge in [-0.2, -0.15) is 0 Å². The maximum absolute atomic E-state index is 13.1. The van der Waals surface area contributed by atoms with Gasteiger partial charge in [0.05, 0.1) is 16.1 Å². The van der Waals surface area contributed by atoms with Gasteiger partial charge >= 0.3 is 0 Å². The minimum atomic E-state index is -3.92. The summed E-state index contributed by atoms with van der Waals surface area (Å²) < 4.78 is 28.5. The Balaban J connectivity index is 1.53. The third-order valence-electron chi connectivity index (χ3n) is 5.48. The Morgan fingerprint density at radius 1 is 0.750 bits per heavy atom. The molecule has 0 aliphatic heterocycles. The Labute approximate surface area is 210 Å². The standard InChI is InChI=1S/C28H25N3O4S/c1-20-16-17-22(18-26(20)36(34,35)31-23-12-6-3-7-13-23)27(32)30-25-15-9-8-14-24(25)28(33)29-19-21-10-4-2-5-11-21/h2-18,31H,19H2,1H3,(H,29,33)(H,30,32). The van der Waals surface area contributed by atoms with Crippen LogP contribution in [0.1, 0.15) is 31.8 Å². The third kappa shape index (κ3) is 5.97. The third-order valence-corrected chi connectivity index (χ3v) is 7.00. The molecule has 0 unspecified atom stereocenters. The summed E-state index contributed by atoms with van der Waals surface area (Å²) in [6, 6.07) is 29.1. The number of rotatable bonds is 8. The van der Waals surface area contributed by atoms with Crippen molar-refractivity contribution in [2.75, 3.05) is 10.0 Å². The second-order valence-corrected chi connectivity index (χ2v) is 9.77. The van der Waals surface area contributed by atoms with Crippen molar-refractivity contribution in [2.45, 2.75) is 18.4 Å². The highest BCUT2D eigenvalue weighted by atomic mass is 32.2. The molecule has 8 heteroatoms. The molecule has 0 aliphatic rings. The van der Waals surface area contributed by atoms with Crippen molar-refractivity contribution in [3.05, 3.63) is 125 Å². The van der Waals surface area contributed by atoms with Crippen LogP contribution in [-0.2, 0) is 16.6 Å². The number of aryl methyl sites for hydroxylation is 1. The molecule has 2 amide bonds. The molecule has 36 heavy (non-hydrogen) atoms. The number of benzene rings is 4. The monoisotopic (exact) mass is 499 g/mol. The van der Waals surface area contributed by atoms with E-state index < -0.39 is 15.9 Å². The highest BCUT2D eigenvalue weighted by Crippen LogP contribution is 2.22. The van der Waals surface area contributed by atoms with Crippen LogP contribution in [0, 0.1) is 6.92 Å². The average Bonchev–Trinajstić information content (AvgIpc) is 2.88. The lowest BCUT2D eigenvalue weighted by Crippen LogP contribution is -2.25. The first-order valence-electron chi connectivity index (χ1n) is 11.2. The maximum Gasteiger partial charge on any atom is 0.262 e. The van der Waals surface area contributed by atoms with Gasteiger partial charge in [0.25, 0.3) is 21.8 Å². The Bertz CT molecular complexity index is 1490. The van der Waals surface area contributed by atoms with E-state index in [2.05, 4.69) is 15.4 Å². The average molecular weight is 500 g/mol. The number of anilines is 2. The minimum Gasteiger partial charge on any atom is -0.348 e. The summed E-state index contributed by atoms with van der Waals surface area (Å²) in [5.41, 5.74) is 2.63. The smallest absolute Gasteiger partial charge is 0.262 e. The van der Waals surface area contributed by atoms with E-state index in [9.17, 15) is 18.0 Å². The van der Waals surface area contributed by atoms with Gasteiger partial charge in [-0.1, -0.05) is 66.7 Å². The Morgan fingerprint density at radius 2 is 1.39 bits per heavy atom. The van der Waals surface area contributed by atoms with Gasteiger partial charge in [0.1, 0.15) is 0 Å². The second-order valence-electron chi connectivity index (χ2n) is 8.12. The van der Waals surface area contributed by atoms with Crippen LogP contribution in [0.25, 0.3) is 0 Å². The van der Waals surface area contributed by atoms with Crippen molar-refractivity contribution in [3.8, 4) is 0 Å². The van der Waals surface area contributed by atoms with E-state index in [0.717, 1.165) is 5.56 Å². The molecule has 0 aromatic heterocycles. The molecule has 0 radical (unpaired) electrons. The molecule has 0 atom stereocenters. The predicted molar refractivity (Wildman–Crippen MR) is 140 cm³/mol. The van der Waals surface area contributed by atoms with Gasteiger partial charge < -0.3 is 10.6 Å². The van der Waals surface area contributed by atoms with Crippen molar-refractivity contribution in [1.29, 1.82) is 0 Å². The molecule has 0 heterocycles. The topological polar surface area (TPSA) is 104 Å². The van der Waals surface area contributed by atoms with Crippen molar-refractivity contribution in [3.63, 3.8) is 0 Å². The van der Waals surface area contributed by atoms with E-state index >= 15 is 0 Å². The van der Waals surface area contributed by atoms with Crippen LogP contribution in [0.2, 0.25) is 0 Å². The Hall–Kier alpha value is -4.43. The molecule has 4 aromatic carbocycles. The van der Waals surface area contributed by atoms with E-state index in [0.29, 0.717) is 29.0 Å². The summed E-state index contributed by atoms with van der Waals surface area (Å²) >= 11 is 0. The second kappa shape index (κ2) is 10.9. The molecule has 7 nitrogen and oxygen atoms in total. The molecule has 0 saturated carbocycles. The number of nitrogens with one attached hydrogen (secondary N) is 3. The van der Waals surface area contributed by atoms with Crippen LogP contribution in [0.15, 0.2) is 108 Å². The molecule has 4 rings (SSSR count). The van der Waals surface area contributed by atoms with E-state index in [4.69, 9.17) is 0 Å². The predicted octanol–water partition coefficient (Wildman–Crippen LogP) is 4.98. The first-order chi connectivity index (χ1) is 17.3. The van der Waals surface area contributed by atoms with Gasteiger partial charge in [-0.05, 0) is 54.4 Å². The summed E-state index contributed by atoms with van der Waals surface area (Å²) in [7, 11) is -3.92. The molecule has 0 aliphatic carbocycles. The Morgan fingerprint density at radius 3 is 2.11 bits per heavy atom. The number of carbonyl (C=O) groups is 2. The largest absolute Gasteiger partial charge is 0.348 e. The van der Waals surface area contributed by atoms with Gasteiger partial charge in [-0.15, -0.1) is 0 Å². The summed E-state index contributed by atoms with van der Waals surface area (Å²) in [5.74, 6) is -0.872. The molecule has 3 N–H and O–H groups in total. The lowest BCUT2D eigenvalue weighted by Gasteiger charge is -2.14. The van der Waals surface area contributed by atoms with Gasteiger partial charge in [0.15, 0.2) is 0 Å². The number of hydrogen-bond acceptors (Lipinski definition) is 4. The van der Waals surface area contributed by atoms with Crippen molar-refractivity contribution in [1.82, 2.24) is 5.32 Å². The zero-order chi connectivity index (χ0) is 25.5. The van der Waals surface area contributed by atoms with E-state index in [1.54, 1.807) is 73.7 Å². The van der Waals surface area contributed by atoms with Crippen LogP contribution in [0.5, 0.6) is 0 Å². The first-order valence-corrected chi connectivity index (χ1v) is 12.7. The highest BCUT2D eigenvalue weighted by Gasteiger charge is 2.20. The fourth-order valence-electron chi connectivity index (χ4n) is 3.61. The normalized spacial score (nSPS) is 10.9. The Kier molecular flexibility index (Phi) is 7.46. The van der Waals surface area contributed by atoms with E-state index in [1.165, 1.54) is 6.07 Å².